The number of carboxylic acid groups (broad SMARTS) is 1. The van der Waals surface area contributed by atoms with E-state index < -0.39 is 38.4 Å². The van der Waals surface area contributed by atoms with Gasteiger partial charge in [0.25, 0.3) is 0 Å². The number of rotatable bonds is 13. The highest BCUT2D eigenvalue weighted by Gasteiger charge is 2.43. The number of aliphatic carboxylic acids is 1. The molecule has 46 heavy (non-hydrogen) atoms. The summed E-state index contributed by atoms with van der Waals surface area (Å²) in [6.07, 6.45) is 1.04. The van der Waals surface area contributed by atoms with Crippen molar-refractivity contribution >= 4 is 26.2 Å². The van der Waals surface area contributed by atoms with Crippen LogP contribution in [-0.4, -0.2) is 56.4 Å². The van der Waals surface area contributed by atoms with E-state index in [0.29, 0.717) is 23.5 Å². The first-order chi connectivity index (χ1) is 21.7. The summed E-state index contributed by atoms with van der Waals surface area (Å²) in [5, 5.41) is 10.4. The van der Waals surface area contributed by atoms with Crippen LogP contribution >= 0.6 is 0 Å². The molecule has 4 rings (SSSR count). The van der Waals surface area contributed by atoms with Crippen molar-refractivity contribution in [3.05, 3.63) is 96.1 Å². The Labute approximate surface area is 273 Å². The summed E-state index contributed by atoms with van der Waals surface area (Å²) in [7, 11) is 0.516. The van der Waals surface area contributed by atoms with Crippen LogP contribution in [0.15, 0.2) is 79.4 Å². The molecule has 0 saturated heterocycles. The topological polar surface area (TPSA) is 102 Å². The number of hydrogen-bond donors (Lipinski definition) is 1. The smallest absolute Gasteiger partial charge is 0.411 e. The summed E-state index contributed by atoms with van der Waals surface area (Å²) in [6, 6.07) is 18.7. The van der Waals surface area contributed by atoms with Gasteiger partial charge in [0, 0.05) is 24.0 Å². The third kappa shape index (κ3) is 6.89. The zero-order chi connectivity index (χ0) is 33.8. The van der Waals surface area contributed by atoms with Crippen LogP contribution in [0.4, 0.5) is 4.79 Å². The van der Waals surface area contributed by atoms with Crippen LogP contribution in [0, 0.1) is 0 Å². The van der Waals surface area contributed by atoms with Gasteiger partial charge in [0.2, 0.25) is 8.32 Å². The van der Waals surface area contributed by atoms with Gasteiger partial charge in [0.15, 0.2) is 0 Å². The Morgan fingerprint density at radius 1 is 0.978 bits per heavy atom. The molecule has 2 atom stereocenters. The zero-order valence-corrected chi connectivity index (χ0v) is 28.8. The zero-order valence-electron chi connectivity index (χ0n) is 27.8. The highest BCUT2D eigenvalue weighted by molar-refractivity contribution is 6.74. The van der Waals surface area contributed by atoms with E-state index >= 15 is 0 Å². The van der Waals surface area contributed by atoms with Crippen molar-refractivity contribution in [3.8, 4) is 22.6 Å². The molecule has 0 aromatic heterocycles. The van der Waals surface area contributed by atoms with E-state index in [1.54, 1.807) is 19.3 Å². The number of amides is 1. The molecule has 0 bridgehead atoms. The van der Waals surface area contributed by atoms with Crippen LogP contribution in [0.25, 0.3) is 11.1 Å². The van der Waals surface area contributed by atoms with Gasteiger partial charge < -0.3 is 19.0 Å². The lowest BCUT2D eigenvalue weighted by Crippen LogP contribution is -2.47. The van der Waals surface area contributed by atoms with Crippen molar-refractivity contribution in [2.24, 2.45) is 0 Å². The average Bonchev–Trinajstić information content (AvgIpc) is 3.34. The standard InChI is InChI=1S/C37H45NO7Si/c1-9-14-27(28-20-19-24(43-5)23-33(28)45-46(7,8)37(2,3)4)32(39)22-21-31(35(40)41)38(36(42)44-6)34-29-17-12-10-15-25(29)26-16-11-13-18-30(26)34/h9-13,15-20,23,27,31,34H,1,14,21-22H2,2-8H3,(H,40,41). The summed E-state index contributed by atoms with van der Waals surface area (Å²) >= 11 is 0. The Morgan fingerprint density at radius 2 is 1.57 bits per heavy atom. The molecule has 244 valence electrons. The first kappa shape index (κ1) is 34.5. The summed E-state index contributed by atoms with van der Waals surface area (Å²) < 4.78 is 17.4. The normalized spacial score (nSPS) is 14.0. The molecule has 1 aliphatic rings. The van der Waals surface area contributed by atoms with Crippen molar-refractivity contribution in [1.82, 2.24) is 4.90 Å². The lowest BCUT2D eigenvalue weighted by atomic mass is 9.87. The molecule has 0 saturated carbocycles. The molecule has 2 unspecified atom stereocenters. The lowest BCUT2D eigenvalue weighted by molar-refractivity contribution is -0.143. The fraction of sp³-hybridized carbons (Fsp3) is 0.378. The van der Waals surface area contributed by atoms with E-state index in [4.69, 9.17) is 13.9 Å². The Balaban J connectivity index is 1.69. The number of carbonyl (C=O) groups excluding carboxylic acids is 2. The maximum atomic E-state index is 14.1. The number of ketones is 1. The summed E-state index contributed by atoms with van der Waals surface area (Å²) in [6.45, 7) is 14.6. The van der Waals surface area contributed by atoms with Crippen molar-refractivity contribution in [2.45, 2.75) is 76.2 Å². The van der Waals surface area contributed by atoms with Crippen LogP contribution in [0.1, 0.15) is 68.7 Å². The maximum Gasteiger partial charge on any atom is 0.411 e. The molecule has 1 aliphatic carbocycles. The van der Waals surface area contributed by atoms with E-state index in [2.05, 4.69) is 40.4 Å². The minimum absolute atomic E-state index is 0.0885. The van der Waals surface area contributed by atoms with Gasteiger partial charge in [-0.25, -0.2) is 9.59 Å². The van der Waals surface area contributed by atoms with E-state index in [1.807, 2.05) is 60.7 Å². The molecule has 1 N–H and O–H groups in total. The number of Topliss-reactive ketones (excluding diaryl/α,β-unsaturated/α-hetero) is 1. The van der Waals surface area contributed by atoms with Gasteiger partial charge in [-0.2, -0.15) is 0 Å². The Morgan fingerprint density at radius 3 is 2.07 bits per heavy atom. The Kier molecular flexibility index (Phi) is 10.5. The minimum Gasteiger partial charge on any atom is -0.543 e. The van der Waals surface area contributed by atoms with Crippen molar-refractivity contribution in [1.29, 1.82) is 0 Å². The number of hydrogen-bond acceptors (Lipinski definition) is 6. The third-order valence-corrected chi connectivity index (χ3v) is 13.7. The number of carbonyl (C=O) groups is 3. The second kappa shape index (κ2) is 13.9. The first-order valence-electron chi connectivity index (χ1n) is 15.5. The largest absolute Gasteiger partial charge is 0.543 e. The number of nitrogens with zero attached hydrogens (tertiary/aromatic N) is 1. The van der Waals surface area contributed by atoms with Crippen LogP contribution in [0.5, 0.6) is 11.5 Å². The van der Waals surface area contributed by atoms with E-state index in [-0.39, 0.29) is 23.7 Å². The number of ether oxygens (including phenoxy) is 2. The molecule has 0 fully saturated rings. The van der Waals surface area contributed by atoms with E-state index in [0.717, 1.165) is 22.3 Å². The molecule has 3 aromatic carbocycles. The highest BCUT2D eigenvalue weighted by Crippen LogP contribution is 2.48. The van der Waals surface area contributed by atoms with Gasteiger partial charge in [-0.05, 0) is 59.3 Å². The maximum absolute atomic E-state index is 14.1. The molecule has 3 aromatic rings. The lowest BCUT2D eigenvalue weighted by Gasteiger charge is -2.37. The predicted molar refractivity (Wildman–Crippen MR) is 182 cm³/mol. The molecule has 0 aliphatic heterocycles. The average molecular weight is 644 g/mol. The van der Waals surface area contributed by atoms with E-state index in [9.17, 15) is 19.5 Å². The fourth-order valence-electron chi connectivity index (χ4n) is 5.83. The summed E-state index contributed by atoms with van der Waals surface area (Å²) in [4.78, 5) is 41.6. The number of carboxylic acids is 1. The molecule has 1 amide bonds. The molecular formula is C37H45NO7Si. The van der Waals surface area contributed by atoms with Crippen LogP contribution < -0.4 is 9.16 Å². The van der Waals surface area contributed by atoms with Crippen LogP contribution in [0.3, 0.4) is 0 Å². The molecular weight excluding hydrogens is 598 g/mol. The van der Waals surface area contributed by atoms with Gasteiger partial charge in [-0.15, -0.1) is 6.58 Å². The van der Waals surface area contributed by atoms with Crippen LogP contribution in [-0.2, 0) is 14.3 Å². The summed E-state index contributed by atoms with van der Waals surface area (Å²) in [5.74, 6) is -0.826. The van der Waals surface area contributed by atoms with Crippen molar-refractivity contribution in [2.75, 3.05) is 14.2 Å². The van der Waals surface area contributed by atoms with Crippen molar-refractivity contribution < 1.29 is 33.4 Å². The second-order valence-corrected chi connectivity index (χ2v) is 17.9. The summed E-state index contributed by atoms with van der Waals surface area (Å²) in [5.41, 5.74) is 4.17. The van der Waals surface area contributed by atoms with Gasteiger partial charge in [-0.1, -0.05) is 81.4 Å². The molecule has 8 nitrogen and oxygen atoms in total. The molecule has 0 heterocycles. The first-order valence-corrected chi connectivity index (χ1v) is 18.4. The Bertz CT molecular complexity index is 1560. The van der Waals surface area contributed by atoms with Gasteiger partial charge in [-0.3, -0.25) is 9.69 Å². The van der Waals surface area contributed by atoms with Gasteiger partial charge in [0.1, 0.15) is 23.3 Å². The molecule has 0 radical (unpaired) electrons. The Hall–Kier alpha value is -4.37. The minimum atomic E-state index is -2.30. The number of benzene rings is 3. The highest BCUT2D eigenvalue weighted by atomic mass is 28.4. The quantitative estimate of drug-likeness (QED) is 0.147. The fourth-order valence-corrected chi connectivity index (χ4v) is 6.86. The number of allylic oxidation sites excluding steroid dienone is 1. The number of methoxy groups -OCH3 is 2. The van der Waals surface area contributed by atoms with Crippen molar-refractivity contribution in [3.63, 3.8) is 0 Å². The SMILES string of the molecule is C=CCC(C(=O)CCC(C(=O)O)N(C(=O)OC)C1c2ccccc2-c2ccccc21)c1ccc(OC)cc1O[Si](C)(C)C(C)(C)C. The number of fused-ring (bicyclic) bond motifs is 3. The van der Waals surface area contributed by atoms with Gasteiger partial charge in [0.05, 0.1) is 20.3 Å². The monoisotopic (exact) mass is 643 g/mol. The third-order valence-electron chi connectivity index (χ3n) is 9.31. The van der Waals surface area contributed by atoms with Gasteiger partial charge >= 0.3 is 12.1 Å². The van der Waals surface area contributed by atoms with E-state index in [1.165, 1.54) is 12.0 Å². The second-order valence-electron chi connectivity index (χ2n) is 13.2. The molecule has 0 spiro atoms. The molecule has 9 heteroatoms. The van der Waals surface area contributed by atoms with Crippen LogP contribution in [0.2, 0.25) is 18.1 Å². The predicted octanol–water partition coefficient (Wildman–Crippen LogP) is 8.38.